The van der Waals surface area contributed by atoms with Crippen molar-refractivity contribution in [3.63, 3.8) is 0 Å². The first-order valence-electron chi connectivity index (χ1n) is 3.99. The predicted molar refractivity (Wildman–Crippen MR) is 43.5 cm³/mol. The molecule has 0 aliphatic carbocycles. The largest absolute Gasteiger partial charge is 0.481 e. The molecule has 0 aromatic rings. The van der Waals surface area contributed by atoms with Crippen molar-refractivity contribution >= 4 is 5.97 Å². The van der Waals surface area contributed by atoms with E-state index >= 15 is 0 Å². The molecule has 0 aromatic carbocycles. The van der Waals surface area contributed by atoms with Gasteiger partial charge in [-0.3, -0.25) is 9.50 Å². The van der Waals surface area contributed by atoms with Gasteiger partial charge in [-0.15, -0.1) is 0 Å². The van der Waals surface area contributed by atoms with Gasteiger partial charge >= 0.3 is 5.97 Å². The van der Waals surface area contributed by atoms with Crippen molar-refractivity contribution in [1.29, 1.82) is 0 Å². The summed E-state index contributed by atoms with van der Waals surface area (Å²) in [4.78, 5) is 10.0. The van der Waals surface area contributed by atoms with Crippen LogP contribution in [-0.4, -0.2) is 11.1 Å². The van der Waals surface area contributed by atoms with Gasteiger partial charge in [-0.05, 0) is 6.42 Å². The Balaban J connectivity index is 0. The first-order valence-corrected chi connectivity index (χ1v) is 3.99. The summed E-state index contributed by atoms with van der Waals surface area (Å²) < 4.78 is 0. The minimum absolute atomic E-state index is 0. The Morgan fingerprint density at radius 3 is 2.18 bits per heavy atom. The van der Waals surface area contributed by atoms with Gasteiger partial charge in [0.05, 0.1) is 0 Å². The Morgan fingerprint density at radius 1 is 1.18 bits per heavy atom. The predicted octanol–water partition coefficient (Wildman–Crippen LogP) is 2.58. The van der Waals surface area contributed by atoms with Crippen molar-refractivity contribution in [2.45, 2.75) is 45.4 Å². The van der Waals surface area contributed by atoms with E-state index in [0.29, 0.717) is 6.42 Å². The Morgan fingerprint density at radius 2 is 1.73 bits per heavy atom. The summed E-state index contributed by atoms with van der Waals surface area (Å²) in [6.45, 7) is 2.15. The van der Waals surface area contributed by atoms with Crippen molar-refractivity contribution in [2.24, 2.45) is 0 Å². The monoisotopic (exact) mass is 164 g/mol. The van der Waals surface area contributed by atoms with Crippen LogP contribution in [0.2, 0.25) is 0 Å². The topological polar surface area (TPSA) is 37.3 Å². The van der Waals surface area contributed by atoms with Gasteiger partial charge < -0.3 is 5.11 Å². The molecule has 1 N–H and O–H groups in total. The van der Waals surface area contributed by atoms with E-state index in [1.54, 1.807) is 0 Å². The van der Waals surface area contributed by atoms with E-state index in [9.17, 15) is 4.79 Å². The van der Waals surface area contributed by atoms with Crippen LogP contribution in [0, 0.1) is 0 Å². The van der Waals surface area contributed by atoms with Crippen LogP contribution in [0.5, 0.6) is 0 Å². The van der Waals surface area contributed by atoms with E-state index in [2.05, 4.69) is 6.92 Å². The SMILES string of the molecule is CCCCCCCC(=O)O.F. The molecule has 68 valence electrons. The number of unbranched alkanes of at least 4 members (excludes halogenated alkanes) is 4. The number of aliphatic carboxylic acids is 1. The molecule has 0 atom stereocenters. The van der Waals surface area contributed by atoms with Crippen molar-refractivity contribution in [2.75, 3.05) is 0 Å². The standard InChI is InChI=1S/C8H16O2.FH/c1-2-3-4-5-6-7-8(9)10;/h2-7H2,1H3,(H,9,10);1H. The number of carbonyl (C=O) groups is 1. The lowest BCUT2D eigenvalue weighted by atomic mass is 10.1. The average molecular weight is 164 g/mol. The van der Waals surface area contributed by atoms with Crippen LogP contribution < -0.4 is 0 Å². The van der Waals surface area contributed by atoms with Gasteiger partial charge in [-0.25, -0.2) is 0 Å². The zero-order chi connectivity index (χ0) is 7.82. The molecule has 0 amide bonds. The third-order valence-corrected chi connectivity index (χ3v) is 1.49. The molecule has 0 bridgehead atoms. The normalized spacial score (nSPS) is 8.82. The highest BCUT2D eigenvalue weighted by Gasteiger charge is 1.94. The van der Waals surface area contributed by atoms with E-state index in [1.165, 1.54) is 19.3 Å². The summed E-state index contributed by atoms with van der Waals surface area (Å²) in [5.41, 5.74) is 0. The zero-order valence-corrected chi connectivity index (χ0v) is 7.01. The number of carboxylic acids is 1. The molecular weight excluding hydrogens is 147 g/mol. The van der Waals surface area contributed by atoms with Crippen molar-refractivity contribution in [3.05, 3.63) is 0 Å². The first kappa shape index (κ1) is 13.0. The molecule has 3 heteroatoms. The summed E-state index contributed by atoms with van der Waals surface area (Å²) in [6.07, 6.45) is 5.88. The van der Waals surface area contributed by atoms with Gasteiger partial charge in [-0.1, -0.05) is 32.6 Å². The van der Waals surface area contributed by atoms with Gasteiger partial charge in [0.1, 0.15) is 0 Å². The van der Waals surface area contributed by atoms with Crippen LogP contribution >= 0.6 is 0 Å². The first-order chi connectivity index (χ1) is 4.77. The molecule has 0 radical (unpaired) electrons. The average Bonchev–Trinajstić information content (AvgIpc) is 1.87. The second-order valence-electron chi connectivity index (χ2n) is 2.56. The number of halogens is 1. The number of hydrogen-bond donors (Lipinski definition) is 1. The molecule has 11 heavy (non-hydrogen) atoms. The Bertz CT molecular complexity index is 94.1. The van der Waals surface area contributed by atoms with E-state index in [-0.39, 0.29) is 4.70 Å². The maximum Gasteiger partial charge on any atom is 0.303 e. The Labute approximate surface area is 67.0 Å². The fourth-order valence-corrected chi connectivity index (χ4v) is 0.880. The molecule has 0 saturated heterocycles. The fourth-order valence-electron chi connectivity index (χ4n) is 0.880. The van der Waals surface area contributed by atoms with Crippen molar-refractivity contribution in [3.8, 4) is 0 Å². The zero-order valence-electron chi connectivity index (χ0n) is 7.01. The van der Waals surface area contributed by atoms with Gasteiger partial charge in [-0.2, -0.15) is 0 Å². The second-order valence-corrected chi connectivity index (χ2v) is 2.56. The highest BCUT2D eigenvalue weighted by Crippen LogP contribution is 2.04. The van der Waals surface area contributed by atoms with Crippen molar-refractivity contribution < 1.29 is 14.6 Å². The van der Waals surface area contributed by atoms with Crippen LogP contribution in [-0.2, 0) is 4.79 Å². The molecular formula is C8H17FO2. The molecule has 0 aromatic heterocycles. The quantitative estimate of drug-likeness (QED) is 0.612. The summed E-state index contributed by atoms with van der Waals surface area (Å²) in [6, 6.07) is 0. The lowest BCUT2D eigenvalue weighted by Crippen LogP contribution is -1.93. The Kier molecular flexibility index (Phi) is 11.1. The smallest absolute Gasteiger partial charge is 0.303 e. The molecule has 0 fully saturated rings. The third kappa shape index (κ3) is 12.6. The minimum Gasteiger partial charge on any atom is -0.481 e. The number of rotatable bonds is 6. The summed E-state index contributed by atoms with van der Waals surface area (Å²) in [5.74, 6) is -0.670. The lowest BCUT2D eigenvalue weighted by molar-refractivity contribution is -0.137. The highest BCUT2D eigenvalue weighted by atomic mass is 19.0. The van der Waals surface area contributed by atoms with E-state index in [0.717, 1.165) is 12.8 Å². The molecule has 0 aliphatic heterocycles. The molecule has 0 spiro atoms. The van der Waals surface area contributed by atoms with Gasteiger partial charge in [0, 0.05) is 6.42 Å². The van der Waals surface area contributed by atoms with Crippen molar-refractivity contribution in [1.82, 2.24) is 0 Å². The summed E-state index contributed by atoms with van der Waals surface area (Å²) >= 11 is 0. The van der Waals surface area contributed by atoms with Crippen LogP contribution in [0.1, 0.15) is 45.4 Å². The molecule has 0 saturated carbocycles. The van der Waals surface area contributed by atoms with Crippen LogP contribution in [0.4, 0.5) is 4.70 Å². The maximum atomic E-state index is 10.0. The van der Waals surface area contributed by atoms with Gasteiger partial charge in [0.25, 0.3) is 0 Å². The number of hydrogen-bond acceptors (Lipinski definition) is 1. The van der Waals surface area contributed by atoms with Crippen LogP contribution in [0.3, 0.4) is 0 Å². The minimum atomic E-state index is -0.670. The molecule has 2 nitrogen and oxygen atoms in total. The van der Waals surface area contributed by atoms with E-state index < -0.39 is 5.97 Å². The fraction of sp³-hybridized carbons (Fsp3) is 0.875. The maximum absolute atomic E-state index is 10.0. The second kappa shape index (κ2) is 9.40. The molecule has 0 unspecified atom stereocenters. The van der Waals surface area contributed by atoms with Crippen LogP contribution in [0.15, 0.2) is 0 Å². The summed E-state index contributed by atoms with van der Waals surface area (Å²) in [7, 11) is 0. The van der Waals surface area contributed by atoms with Crippen LogP contribution in [0.25, 0.3) is 0 Å². The Hall–Kier alpha value is -0.600. The molecule has 0 aliphatic rings. The van der Waals surface area contributed by atoms with E-state index in [4.69, 9.17) is 5.11 Å². The molecule has 0 rings (SSSR count). The lowest BCUT2D eigenvalue weighted by Gasteiger charge is -1.95. The van der Waals surface area contributed by atoms with Gasteiger partial charge in [0.15, 0.2) is 0 Å². The molecule has 0 heterocycles. The number of carboxylic acid groups (broad SMARTS) is 1. The summed E-state index contributed by atoms with van der Waals surface area (Å²) in [5, 5.41) is 8.27. The van der Waals surface area contributed by atoms with Gasteiger partial charge in [0.2, 0.25) is 0 Å². The van der Waals surface area contributed by atoms with E-state index in [1.807, 2.05) is 0 Å². The third-order valence-electron chi connectivity index (χ3n) is 1.49. The highest BCUT2D eigenvalue weighted by molar-refractivity contribution is 5.66.